The average molecular weight is 272 g/mol. The van der Waals surface area contributed by atoms with Crippen LogP contribution in [0.15, 0.2) is 6.07 Å². The van der Waals surface area contributed by atoms with Crippen molar-refractivity contribution < 1.29 is 0 Å². The molecular formula is C14H22ClNS. The molecule has 0 spiro atoms. The van der Waals surface area contributed by atoms with Crippen molar-refractivity contribution in [3.8, 4) is 0 Å². The monoisotopic (exact) mass is 271 g/mol. The number of halogens is 1. The van der Waals surface area contributed by atoms with Gasteiger partial charge in [0.05, 0.1) is 4.34 Å². The number of nitrogens with one attached hydrogen (secondary N) is 1. The van der Waals surface area contributed by atoms with E-state index in [2.05, 4.69) is 18.3 Å². The highest BCUT2D eigenvalue weighted by Gasteiger charge is 2.19. The smallest absolute Gasteiger partial charge is 0.0960 e. The van der Waals surface area contributed by atoms with Crippen molar-refractivity contribution in [1.29, 1.82) is 0 Å². The Kier molecular flexibility index (Phi) is 5.33. The Balaban J connectivity index is 1.47. The second-order valence-electron chi connectivity index (χ2n) is 5.06. The molecule has 1 aromatic heterocycles. The molecule has 1 saturated carbocycles. The lowest BCUT2D eigenvalue weighted by Gasteiger charge is -2.02. The van der Waals surface area contributed by atoms with Crippen LogP contribution in [-0.2, 0) is 6.42 Å². The second-order valence-corrected chi connectivity index (χ2v) is 6.80. The lowest BCUT2D eigenvalue weighted by atomic mass is 10.1. The van der Waals surface area contributed by atoms with E-state index in [1.165, 1.54) is 61.9 Å². The molecule has 1 heterocycles. The first kappa shape index (κ1) is 13.4. The number of rotatable bonds is 8. The Bertz CT molecular complexity index is 324. The van der Waals surface area contributed by atoms with Crippen LogP contribution in [0.3, 0.4) is 0 Å². The van der Waals surface area contributed by atoms with Crippen molar-refractivity contribution in [3.63, 3.8) is 0 Å². The summed E-state index contributed by atoms with van der Waals surface area (Å²) >= 11 is 7.80. The van der Waals surface area contributed by atoms with E-state index in [0.717, 1.165) is 10.4 Å². The maximum Gasteiger partial charge on any atom is 0.0960 e. The van der Waals surface area contributed by atoms with E-state index in [1.807, 2.05) is 0 Å². The SMILES string of the molecule is Cc1cc(CCCCCCNC2CC2)sc1Cl. The molecule has 1 aliphatic carbocycles. The van der Waals surface area contributed by atoms with Crippen LogP contribution in [-0.4, -0.2) is 12.6 Å². The van der Waals surface area contributed by atoms with Crippen molar-refractivity contribution in [2.75, 3.05) is 6.54 Å². The van der Waals surface area contributed by atoms with Crippen LogP contribution in [0, 0.1) is 6.92 Å². The Morgan fingerprint density at radius 3 is 2.71 bits per heavy atom. The van der Waals surface area contributed by atoms with Crippen molar-refractivity contribution in [2.24, 2.45) is 0 Å². The first-order chi connectivity index (χ1) is 8.25. The molecule has 0 unspecified atom stereocenters. The highest BCUT2D eigenvalue weighted by molar-refractivity contribution is 7.16. The number of aryl methyl sites for hydroxylation is 2. The van der Waals surface area contributed by atoms with Gasteiger partial charge in [-0.05, 0) is 57.2 Å². The van der Waals surface area contributed by atoms with Crippen LogP contribution >= 0.6 is 22.9 Å². The van der Waals surface area contributed by atoms with E-state index in [-0.39, 0.29) is 0 Å². The van der Waals surface area contributed by atoms with Crippen LogP contribution in [0.1, 0.15) is 49.0 Å². The van der Waals surface area contributed by atoms with Crippen LogP contribution in [0.4, 0.5) is 0 Å². The normalized spacial score (nSPS) is 15.4. The van der Waals surface area contributed by atoms with Gasteiger partial charge in [0, 0.05) is 10.9 Å². The van der Waals surface area contributed by atoms with Crippen molar-refractivity contribution in [2.45, 2.75) is 57.9 Å². The fraction of sp³-hybridized carbons (Fsp3) is 0.714. The maximum absolute atomic E-state index is 6.06. The molecule has 0 saturated heterocycles. The lowest BCUT2D eigenvalue weighted by Crippen LogP contribution is -2.17. The summed E-state index contributed by atoms with van der Waals surface area (Å²) in [5.41, 5.74) is 1.24. The zero-order valence-corrected chi connectivity index (χ0v) is 12.2. The Morgan fingerprint density at radius 2 is 2.06 bits per heavy atom. The predicted molar refractivity (Wildman–Crippen MR) is 77.3 cm³/mol. The standard InChI is InChI=1S/C14H22ClNS/c1-11-10-13(17-14(11)15)6-4-2-3-5-9-16-12-7-8-12/h10,12,16H,2-9H2,1H3. The number of hydrogen-bond acceptors (Lipinski definition) is 2. The van der Waals surface area contributed by atoms with Gasteiger partial charge in [0.25, 0.3) is 0 Å². The molecule has 1 N–H and O–H groups in total. The van der Waals surface area contributed by atoms with Crippen molar-refractivity contribution >= 4 is 22.9 Å². The first-order valence-electron chi connectivity index (χ1n) is 6.74. The van der Waals surface area contributed by atoms with Crippen molar-refractivity contribution in [1.82, 2.24) is 5.32 Å². The minimum absolute atomic E-state index is 0.867. The molecule has 0 atom stereocenters. The van der Waals surface area contributed by atoms with Gasteiger partial charge in [0.15, 0.2) is 0 Å². The Labute approximate surface area is 114 Å². The quantitative estimate of drug-likeness (QED) is 0.683. The molecular weight excluding hydrogens is 250 g/mol. The minimum Gasteiger partial charge on any atom is -0.314 e. The summed E-state index contributed by atoms with van der Waals surface area (Å²) in [5.74, 6) is 0. The van der Waals surface area contributed by atoms with Gasteiger partial charge in [0.1, 0.15) is 0 Å². The van der Waals surface area contributed by atoms with Gasteiger partial charge in [-0.1, -0.05) is 24.4 Å². The fourth-order valence-corrected chi connectivity index (χ4v) is 3.30. The predicted octanol–water partition coefficient (Wildman–Crippen LogP) is 4.56. The molecule has 0 bridgehead atoms. The van der Waals surface area contributed by atoms with Gasteiger partial charge >= 0.3 is 0 Å². The lowest BCUT2D eigenvalue weighted by molar-refractivity contribution is 0.586. The number of unbranched alkanes of at least 4 members (excludes halogenated alkanes) is 3. The molecule has 96 valence electrons. The molecule has 1 aliphatic rings. The summed E-state index contributed by atoms with van der Waals surface area (Å²) in [7, 11) is 0. The Morgan fingerprint density at radius 1 is 1.29 bits per heavy atom. The first-order valence-corrected chi connectivity index (χ1v) is 7.93. The third kappa shape index (κ3) is 4.99. The molecule has 1 nitrogen and oxygen atoms in total. The molecule has 0 amide bonds. The van der Waals surface area contributed by atoms with Crippen LogP contribution in [0.25, 0.3) is 0 Å². The second kappa shape index (κ2) is 6.77. The summed E-state index contributed by atoms with van der Waals surface area (Å²) in [6.45, 7) is 3.31. The third-order valence-corrected chi connectivity index (χ3v) is 4.88. The summed E-state index contributed by atoms with van der Waals surface area (Å²) in [4.78, 5) is 1.45. The number of hydrogen-bond donors (Lipinski definition) is 1. The topological polar surface area (TPSA) is 12.0 Å². The molecule has 1 fully saturated rings. The minimum atomic E-state index is 0.867. The van der Waals surface area contributed by atoms with E-state index in [4.69, 9.17) is 11.6 Å². The molecule has 2 rings (SSSR count). The summed E-state index contributed by atoms with van der Waals surface area (Å²) in [5, 5.41) is 3.56. The fourth-order valence-electron chi connectivity index (χ4n) is 2.02. The number of thiophene rings is 1. The average Bonchev–Trinajstić information content (AvgIpc) is 3.06. The maximum atomic E-state index is 6.06. The van der Waals surface area contributed by atoms with Crippen LogP contribution in [0.2, 0.25) is 4.34 Å². The zero-order chi connectivity index (χ0) is 12.1. The van der Waals surface area contributed by atoms with Gasteiger partial charge in [-0.2, -0.15) is 0 Å². The molecule has 0 radical (unpaired) electrons. The molecule has 1 aromatic rings. The summed E-state index contributed by atoms with van der Waals surface area (Å²) in [6, 6.07) is 3.10. The molecule has 0 aromatic carbocycles. The van der Waals surface area contributed by atoms with E-state index in [9.17, 15) is 0 Å². The molecule has 0 aliphatic heterocycles. The third-order valence-electron chi connectivity index (χ3n) is 3.27. The highest BCUT2D eigenvalue weighted by Crippen LogP contribution is 2.28. The Hall–Kier alpha value is -0.0500. The zero-order valence-electron chi connectivity index (χ0n) is 10.6. The van der Waals surface area contributed by atoms with Crippen LogP contribution in [0.5, 0.6) is 0 Å². The van der Waals surface area contributed by atoms with E-state index in [0.29, 0.717) is 0 Å². The van der Waals surface area contributed by atoms with Gasteiger partial charge in [-0.3, -0.25) is 0 Å². The van der Waals surface area contributed by atoms with Gasteiger partial charge < -0.3 is 5.32 Å². The van der Waals surface area contributed by atoms with Gasteiger partial charge in [0.2, 0.25) is 0 Å². The van der Waals surface area contributed by atoms with Crippen molar-refractivity contribution in [3.05, 3.63) is 20.8 Å². The van der Waals surface area contributed by atoms with E-state index < -0.39 is 0 Å². The van der Waals surface area contributed by atoms with E-state index >= 15 is 0 Å². The van der Waals surface area contributed by atoms with E-state index in [1.54, 1.807) is 11.3 Å². The van der Waals surface area contributed by atoms with Gasteiger partial charge in [-0.25, -0.2) is 0 Å². The highest BCUT2D eigenvalue weighted by atomic mass is 35.5. The molecule has 3 heteroatoms. The van der Waals surface area contributed by atoms with Crippen LogP contribution < -0.4 is 5.32 Å². The summed E-state index contributed by atoms with van der Waals surface area (Å²) < 4.78 is 0.966. The van der Waals surface area contributed by atoms with Gasteiger partial charge in [-0.15, -0.1) is 11.3 Å². The summed E-state index contributed by atoms with van der Waals surface area (Å²) in [6.07, 6.45) is 9.35. The molecule has 17 heavy (non-hydrogen) atoms. The largest absolute Gasteiger partial charge is 0.314 e.